The molecule has 0 spiro atoms. The lowest BCUT2D eigenvalue weighted by Gasteiger charge is -1.98. The zero-order valence-electron chi connectivity index (χ0n) is 6.04. The molecule has 0 bridgehead atoms. The van der Waals surface area contributed by atoms with E-state index in [0.29, 0.717) is 0 Å². The number of hydrogen-bond acceptors (Lipinski definition) is 2. The van der Waals surface area contributed by atoms with Gasteiger partial charge in [0, 0.05) is 11.9 Å². The van der Waals surface area contributed by atoms with Crippen molar-refractivity contribution >= 4 is 0 Å². The Bertz CT molecular complexity index is 241. The van der Waals surface area contributed by atoms with Gasteiger partial charge in [-0.2, -0.15) is 0 Å². The molecule has 0 amide bonds. The number of aromatic nitrogens is 2. The Hall–Kier alpha value is -0.920. The van der Waals surface area contributed by atoms with Gasteiger partial charge in [-0.05, 0) is 31.2 Å². The Labute approximate surface area is 60.3 Å². The highest BCUT2D eigenvalue weighted by molar-refractivity contribution is 5.23. The van der Waals surface area contributed by atoms with Crippen LogP contribution in [0, 0.1) is 6.92 Å². The average Bonchev–Trinajstić information content (AvgIpc) is 2.71. The second-order valence-electron chi connectivity index (χ2n) is 2.84. The third-order valence-electron chi connectivity index (χ3n) is 1.97. The summed E-state index contributed by atoms with van der Waals surface area (Å²) in [4.78, 5) is 8.12. The highest BCUT2D eigenvalue weighted by atomic mass is 14.8. The smallest absolute Gasteiger partial charge is 0.115 e. The van der Waals surface area contributed by atoms with Gasteiger partial charge in [0.2, 0.25) is 0 Å². The molecular weight excluding hydrogens is 124 g/mol. The van der Waals surface area contributed by atoms with E-state index in [4.69, 9.17) is 0 Å². The van der Waals surface area contributed by atoms with E-state index in [2.05, 4.69) is 16.9 Å². The fourth-order valence-electron chi connectivity index (χ4n) is 1.20. The molecule has 0 aliphatic heterocycles. The van der Waals surface area contributed by atoms with Crippen molar-refractivity contribution in [1.82, 2.24) is 9.97 Å². The van der Waals surface area contributed by atoms with Crippen LogP contribution in [0.4, 0.5) is 0 Å². The Morgan fingerprint density at radius 1 is 1.50 bits per heavy atom. The molecule has 1 aromatic heterocycles. The molecule has 0 unspecified atom stereocenters. The maximum atomic E-state index is 4.13. The molecule has 52 valence electrons. The van der Waals surface area contributed by atoms with Crippen LogP contribution in [-0.4, -0.2) is 9.97 Å². The molecular formula is C8H10N2. The summed E-state index contributed by atoms with van der Waals surface area (Å²) in [5.41, 5.74) is 2.50. The van der Waals surface area contributed by atoms with Gasteiger partial charge >= 0.3 is 0 Å². The van der Waals surface area contributed by atoms with E-state index < -0.39 is 0 Å². The fraction of sp³-hybridized carbons (Fsp3) is 0.500. The molecule has 0 N–H and O–H groups in total. The minimum atomic E-state index is 0.779. The maximum Gasteiger partial charge on any atom is 0.115 e. The zero-order valence-corrected chi connectivity index (χ0v) is 6.04. The molecule has 1 aliphatic carbocycles. The Balaban J connectivity index is 2.39. The lowest BCUT2D eigenvalue weighted by atomic mass is 10.2. The zero-order chi connectivity index (χ0) is 6.97. The summed E-state index contributed by atoms with van der Waals surface area (Å²) in [5, 5.41) is 0. The van der Waals surface area contributed by atoms with Crippen LogP contribution in [0.15, 0.2) is 12.5 Å². The fourth-order valence-corrected chi connectivity index (χ4v) is 1.20. The molecule has 1 aliphatic rings. The van der Waals surface area contributed by atoms with Crippen molar-refractivity contribution in [3.8, 4) is 0 Å². The molecule has 0 radical (unpaired) electrons. The Morgan fingerprint density at radius 2 is 2.30 bits per heavy atom. The van der Waals surface area contributed by atoms with E-state index in [-0.39, 0.29) is 0 Å². The monoisotopic (exact) mass is 134 g/mol. The van der Waals surface area contributed by atoms with Gasteiger partial charge in [0.05, 0.1) is 0 Å². The lowest BCUT2D eigenvalue weighted by molar-refractivity contribution is 0.986. The van der Waals surface area contributed by atoms with Crippen LogP contribution < -0.4 is 0 Å². The van der Waals surface area contributed by atoms with E-state index in [1.54, 1.807) is 6.33 Å². The third kappa shape index (κ3) is 0.897. The maximum absolute atomic E-state index is 4.13. The summed E-state index contributed by atoms with van der Waals surface area (Å²) in [7, 11) is 0. The number of rotatable bonds is 1. The molecule has 10 heavy (non-hydrogen) atoms. The first-order chi connectivity index (χ1) is 4.88. The predicted molar refractivity (Wildman–Crippen MR) is 38.7 cm³/mol. The normalized spacial score (nSPS) is 17.3. The van der Waals surface area contributed by atoms with E-state index in [9.17, 15) is 0 Å². The molecule has 0 aromatic carbocycles. The SMILES string of the molecule is Cc1ncncc1C1CC1. The number of hydrogen-bond donors (Lipinski definition) is 0. The Morgan fingerprint density at radius 3 is 2.90 bits per heavy atom. The van der Waals surface area contributed by atoms with Gasteiger partial charge in [-0.25, -0.2) is 9.97 Å². The summed E-state index contributed by atoms with van der Waals surface area (Å²) < 4.78 is 0. The molecule has 1 fully saturated rings. The van der Waals surface area contributed by atoms with Crippen LogP contribution in [0.2, 0.25) is 0 Å². The van der Waals surface area contributed by atoms with E-state index in [0.717, 1.165) is 11.6 Å². The standard InChI is InChI=1S/C8H10N2/c1-6-8(7-2-3-7)4-9-5-10-6/h4-5,7H,2-3H2,1H3. The van der Waals surface area contributed by atoms with Gasteiger partial charge in [-0.3, -0.25) is 0 Å². The minimum Gasteiger partial charge on any atom is -0.245 e. The largest absolute Gasteiger partial charge is 0.245 e. The van der Waals surface area contributed by atoms with Crippen molar-refractivity contribution in [3.63, 3.8) is 0 Å². The van der Waals surface area contributed by atoms with Crippen LogP contribution in [0.5, 0.6) is 0 Å². The summed E-state index contributed by atoms with van der Waals surface area (Å²) in [6.07, 6.45) is 6.21. The first-order valence-corrected chi connectivity index (χ1v) is 3.64. The van der Waals surface area contributed by atoms with Crippen molar-refractivity contribution in [2.75, 3.05) is 0 Å². The molecule has 0 atom stereocenters. The number of aryl methyl sites for hydroxylation is 1. The van der Waals surface area contributed by atoms with Crippen molar-refractivity contribution in [2.45, 2.75) is 25.7 Å². The summed E-state index contributed by atoms with van der Waals surface area (Å²) in [6, 6.07) is 0. The second-order valence-corrected chi connectivity index (χ2v) is 2.84. The highest BCUT2D eigenvalue weighted by Crippen LogP contribution is 2.40. The number of nitrogens with zero attached hydrogens (tertiary/aromatic N) is 2. The van der Waals surface area contributed by atoms with Gasteiger partial charge < -0.3 is 0 Å². The molecule has 1 heterocycles. The summed E-state index contributed by atoms with van der Waals surface area (Å²) >= 11 is 0. The topological polar surface area (TPSA) is 25.8 Å². The van der Waals surface area contributed by atoms with Gasteiger partial charge in [0.15, 0.2) is 0 Å². The molecule has 1 saturated carbocycles. The third-order valence-corrected chi connectivity index (χ3v) is 1.97. The van der Waals surface area contributed by atoms with Crippen LogP contribution in [0.1, 0.15) is 30.0 Å². The quantitative estimate of drug-likeness (QED) is 0.583. The van der Waals surface area contributed by atoms with Crippen molar-refractivity contribution in [2.24, 2.45) is 0 Å². The first kappa shape index (κ1) is 5.83. The Kier molecular flexibility index (Phi) is 1.19. The van der Waals surface area contributed by atoms with E-state index in [1.165, 1.54) is 18.4 Å². The minimum absolute atomic E-state index is 0.779. The molecule has 2 rings (SSSR count). The van der Waals surface area contributed by atoms with Crippen LogP contribution in [0.25, 0.3) is 0 Å². The van der Waals surface area contributed by atoms with Crippen LogP contribution in [0.3, 0.4) is 0 Å². The predicted octanol–water partition coefficient (Wildman–Crippen LogP) is 1.66. The average molecular weight is 134 g/mol. The molecule has 1 aromatic rings. The van der Waals surface area contributed by atoms with Crippen molar-refractivity contribution in [1.29, 1.82) is 0 Å². The van der Waals surface area contributed by atoms with Gasteiger partial charge in [0.25, 0.3) is 0 Å². The van der Waals surface area contributed by atoms with E-state index in [1.807, 2.05) is 6.20 Å². The van der Waals surface area contributed by atoms with Crippen LogP contribution >= 0.6 is 0 Å². The molecule has 2 heteroatoms. The van der Waals surface area contributed by atoms with E-state index >= 15 is 0 Å². The van der Waals surface area contributed by atoms with Gasteiger partial charge in [0.1, 0.15) is 6.33 Å². The van der Waals surface area contributed by atoms with Crippen LogP contribution in [-0.2, 0) is 0 Å². The first-order valence-electron chi connectivity index (χ1n) is 3.64. The van der Waals surface area contributed by atoms with Gasteiger partial charge in [-0.15, -0.1) is 0 Å². The van der Waals surface area contributed by atoms with Gasteiger partial charge in [-0.1, -0.05) is 0 Å². The second kappa shape index (κ2) is 2.04. The highest BCUT2D eigenvalue weighted by Gasteiger charge is 2.25. The molecule has 0 saturated heterocycles. The van der Waals surface area contributed by atoms with Crippen molar-refractivity contribution in [3.05, 3.63) is 23.8 Å². The van der Waals surface area contributed by atoms with Crippen molar-refractivity contribution < 1.29 is 0 Å². The molecule has 2 nitrogen and oxygen atoms in total. The summed E-state index contributed by atoms with van der Waals surface area (Å²) in [5.74, 6) is 0.779. The summed E-state index contributed by atoms with van der Waals surface area (Å²) in [6.45, 7) is 2.05. The lowest BCUT2D eigenvalue weighted by Crippen LogP contribution is -1.90.